The molecule has 0 aromatic carbocycles. The van der Waals surface area contributed by atoms with Crippen LogP contribution >= 0.6 is 0 Å². The van der Waals surface area contributed by atoms with Gasteiger partial charge in [0, 0.05) is 19.4 Å². The van der Waals surface area contributed by atoms with Gasteiger partial charge in [0.1, 0.15) is 0 Å². The quantitative estimate of drug-likeness (QED) is 0.706. The van der Waals surface area contributed by atoms with Crippen LogP contribution in [0, 0.1) is 0 Å². The number of rotatable bonds is 6. The van der Waals surface area contributed by atoms with Crippen molar-refractivity contribution in [3.8, 4) is 0 Å². The highest BCUT2D eigenvalue weighted by Crippen LogP contribution is 2.06. The van der Waals surface area contributed by atoms with Crippen molar-refractivity contribution in [3.63, 3.8) is 0 Å². The number of unbranched alkanes of at least 4 members (excludes halogenated alkanes) is 3. The summed E-state index contributed by atoms with van der Waals surface area (Å²) in [5.74, 6) is 0.697. The predicted octanol–water partition coefficient (Wildman–Crippen LogP) is 2.64. The van der Waals surface area contributed by atoms with Gasteiger partial charge in [-0.1, -0.05) is 26.2 Å². The third-order valence-electron chi connectivity index (χ3n) is 2.25. The van der Waals surface area contributed by atoms with E-state index >= 15 is 0 Å². The predicted molar refractivity (Wildman–Crippen MR) is 59.4 cm³/mol. The topological polar surface area (TPSA) is 37.8 Å². The van der Waals surface area contributed by atoms with Crippen LogP contribution in [0.15, 0.2) is 12.4 Å². The van der Waals surface area contributed by atoms with Crippen molar-refractivity contribution in [2.24, 2.45) is 0 Å². The van der Waals surface area contributed by atoms with Crippen molar-refractivity contribution in [1.29, 1.82) is 0 Å². The van der Waals surface area contributed by atoms with Gasteiger partial charge in [0.05, 0.1) is 0 Å². The first-order valence-corrected chi connectivity index (χ1v) is 5.35. The molecule has 1 aromatic rings. The molecule has 0 aliphatic rings. The lowest BCUT2D eigenvalue weighted by Crippen LogP contribution is -1.97. The highest BCUT2D eigenvalue weighted by Gasteiger charge is 1.95. The minimum atomic E-state index is 0.697. The molecule has 0 unspecified atom stereocenters. The fraction of sp³-hybridized carbons (Fsp3) is 0.636. The normalized spacial score (nSPS) is 10.1. The van der Waals surface area contributed by atoms with Gasteiger partial charge in [0.2, 0.25) is 5.95 Å². The van der Waals surface area contributed by atoms with Crippen LogP contribution in [0.3, 0.4) is 0 Å². The molecule has 3 nitrogen and oxygen atoms in total. The SMILES string of the molecule is CCCCCCc1cnc(NC)nc1. The lowest BCUT2D eigenvalue weighted by Gasteiger charge is -2.01. The Bertz CT molecular complexity index is 243. The summed E-state index contributed by atoms with van der Waals surface area (Å²) in [7, 11) is 1.83. The van der Waals surface area contributed by atoms with E-state index in [4.69, 9.17) is 0 Å². The molecule has 0 saturated heterocycles. The number of nitrogens with zero attached hydrogens (tertiary/aromatic N) is 2. The summed E-state index contributed by atoms with van der Waals surface area (Å²) in [6.45, 7) is 2.23. The number of hydrogen-bond donors (Lipinski definition) is 1. The molecule has 0 aliphatic heterocycles. The van der Waals surface area contributed by atoms with Crippen molar-refractivity contribution in [1.82, 2.24) is 9.97 Å². The van der Waals surface area contributed by atoms with E-state index in [1.165, 1.54) is 31.2 Å². The van der Waals surface area contributed by atoms with E-state index in [1.807, 2.05) is 19.4 Å². The average molecular weight is 193 g/mol. The summed E-state index contributed by atoms with van der Waals surface area (Å²) >= 11 is 0. The molecule has 1 N–H and O–H groups in total. The van der Waals surface area contributed by atoms with Gasteiger partial charge in [0.15, 0.2) is 0 Å². The van der Waals surface area contributed by atoms with Gasteiger partial charge >= 0.3 is 0 Å². The van der Waals surface area contributed by atoms with Gasteiger partial charge < -0.3 is 5.32 Å². The molecular weight excluding hydrogens is 174 g/mol. The maximum atomic E-state index is 4.17. The molecule has 1 rings (SSSR count). The second kappa shape index (κ2) is 6.35. The van der Waals surface area contributed by atoms with Gasteiger partial charge in [-0.2, -0.15) is 0 Å². The maximum Gasteiger partial charge on any atom is 0.222 e. The molecule has 1 aromatic heterocycles. The average Bonchev–Trinajstić information content (AvgIpc) is 2.25. The number of aromatic nitrogens is 2. The summed E-state index contributed by atoms with van der Waals surface area (Å²) in [5.41, 5.74) is 1.24. The molecule has 0 saturated carbocycles. The molecule has 0 radical (unpaired) electrons. The zero-order chi connectivity index (χ0) is 10.2. The van der Waals surface area contributed by atoms with Crippen LogP contribution in [-0.4, -0.2) is 17.0 Å². The van der Waals surface area contributed by atoms with Crippen molar-refractivity contribution < 1.29 is 0 Å². The van der Waals surface area contributed by atoms with Crippen LogP contribution < -0.4 is 5.32 Å². The number of nitrogens with one attached hydrogen (secondary N) is 1. The largest absolute Gasteiger partial charge is 0.357 e. The van der Waals surface area contributed by atoms with Crippen LogP contribution in [0.4, 0.5) is 5.95 Å². The molecular formula is C11H19N3. The smallest absolute Gasteiger partial charge is 0.222 e. The third kappa shape index (κ3) is 3.73. The molecule has 0 atom stereocenters. The Kier molecular flexibility index (Phi) is 4.97. The Morgan fingerprint density at radius 1 is 1.14 bits per heavy atom. The highest BCUT2D eigenvalue weighted by atomic mass is 15.1. The van der Waals surface area contributed by atoms with Crippen LogP contribution in [-0.2, 0) is 6.42 Å². The summed E-state index contributed by atoms with van der Waals surface area (Å²) in [6.07, 6.45) is 10.1. The Balaban J connectivity index is 2.29. The second-order valence-corrected chi connectivity index (χ2v) is 3.48. The Labute approximate surface area is 86.0 Å². The lowest BCUT2D eigenvalue weighted by molar-refractivity contribution is 0.665. The molecule has 14 heavy (non-hydrogen) atoms. The third-order valence-corrected chi connectivity index (χ3v) is 2.25. The molecule has 0 spiro atoms. The van der Waals surface area contributed by atoms with Crippen molar-refractivity contribution in [2.75, 3.05) is 12.4 Å². The van der Waals surface area contributed by atoms with Crippen LogP contribution in [0.5, 0.6) is 0 Å². The van der Waals surface area contributed by atoms with Crippen molar-refractivity contribution in [3.05, 3.63) is 18.0 Å². The minimum Gasteiger partial charge on any atom is -0.357 e. The monoisotopic (exact) mass is 193 g/mol. The van der Waals surface area contributed by atoms with Crippen LogP contribution in [0.25, 0.3) is 0 Å². The summed E-state index contributed by atoms with van der Waals surface area (Å²) < 4.78 is 0. The Hall–Kier alpha value is -1.12. The van der Waals surface area contributed by atoms with Crippen LogP contribution in [0.2, 0.25) is 0 Å². The van der Waals surface area contributed by atoms with Crippen LogP contribution in [0.1, 0.15) is 38.2 Å². The standard InChI is InChI=1S/C11H19N3/c1-3-4-5-6-7-10-8-13-11(12-2)14-9-10/h8-9H,3-7H2,1-2H3,(H,12,13,14). The number of aryl methyl sites for hydroxylation is 1. The first-order valence-electron chi connectivity index (χ1n) is 5.35. The molecule has 0 bridgehead atoms. The van der Waals surface area contributed by atoms with Gasteiger partial charge in [0.25, 0.3) is 0 Å². The molecule has 1 heterocycles. The van der Waals surface area contributed by atoms with Gasteiger partial charge in [-0.25, -0.2) is 9.97 Å². The Morgan fingerprint density at radius 2 is 1.86 bits per heavy atom. The van der Waals surface area contributed by atoms with Crippen molar-refractivity contribution >= 4 is 5.95 Å². The molecule has 78 valence electrons. The van der Waals surface area contributed by atoms with Gasteiger partial charge in [-0.15, -0.1) is 0 Å². The number of anilines is 1. The summed E-state index contributed by atoms with van der Waals surface area (Å²) in [4.78, 5) is 8.35. The first kappa shape index (κ1) is 11.0. The lowest BCUT2D eigenvalue weighted by atomic mass is 10.1. The van der Waals surface area contributed by atoms with Gasteiger partial charge in [-0.05, 0) is 18.4 Å². The van der Waals surface area contributed by atoms with E-state index in [0.29, 0.717) is 5.95 Å². The second-order valence-electron chi connectivity index (χ2n) is 3.48. The van der Waals surface area contributed by atoms with E-state index < -0.39 is 0 Å². The summed E-state index contributed by atoms with van der Waals surface area (Å²) in [6, 6.07) is 0. The summed E-state index contributed by atoms with van der Waals surface area (Å²) in [5, 5.41) is 2.91. The van der Waals surface area contributed by atoms with E-state index in [-0.39, 0.29) is 0 Å². The van der Waals surface area contributed by atoms with E-state index in [1.54, 1.807) is 0 Å². The highest BCUT2D eigenvalue weighted by molar-refractivity contribution is 5.23. The zero-order valence-corrected chi connectivity index (χ0v) is 9.08. The zero-order valence-electron chi connectivity index (χ0n) is 9.08. The Morgan fingerprint density at radius 3 is 2.43 bits per heavy atom. The molecule has 3 heteroatoms. The number of hydrogen-bond acceptors (Lipinski definition) is 3. The maximum absolute atomic E-state index is 4.17. The fourth-order valence-electron chi connectivity index (χ4n) is 1.37. The van der Waals surface area contributed by atoms with Gasteiger partial charge in [-0.3, -0.25) is 0 Å². The van der Waals surface area contributed by atoms with E-state index in [2.05, 4.69) is 22.2 Å². The molecule has 0 aliphatic carbocycles. The molecule has 0 fully saturated rings. The van der Waals surface area contributed by atoms with E-state index in [0.717, 1.165) is 6.42 Å². The molecule has 0 amide bonds. The van der Waals surface area contributed by atoms with E-state index in [9.17, 15) is 0 Å². The van der Waals surface area contributed by atoms with Crippen molar-refractivity contribution in [2.45, 2.75) is 39.0 Å². The fourth-order valence-corrected chi connectivity index (χ4v) is 1.37. The first-order chi connectivity index (χ1) is 6.86. The minimum absolute atomic E-state index is 0.697.